The number of anilines is 1. The Kier molecular flexibility index (Phi) is 5.98. The van der Waals surface area contributed by atoms with Crippen molar-refractivity contribution in [2.45, 2.75) is 45.9 Å². The Hall–Kier alpha value is -2.08. The van der Waals surface area contributed by atoms with E-state index in [9.17, 15) is 9.59 Å². The van der Waals surface area contributed by atoms with Gasteiger partial charge in [-0.1, -0.05) is 19.1 Å². The summed E-state index contributed by atoms with van der Waals surface area (Å²) in [5, 5.41) is 8.29. The van der Waals surface area contributed by atoms with Gasteiger partial charge in [-0.2, -0.15) is 0 Å². The molecule has 6 nitrogen and oxygen atoms in total. The molecule has 23 heavy (non-hydrogen) atoms. The average Bonchev–Trinajstić information content (AvgIpc) is 2.49. The van der Waals surface area contributed by atoms with Gasteiger partial charge in [-0.05, 0) is 43.9 Å². The van der Waals surface area contributed by atoms with Crippen molar-refractivity contribution in [2.24, 2.45) is 5.92 Å². The van der Waals surface area contributed by atoms with Crippen LogP contribution in [0.1, 0.15) is 32.8 Å². The molecule has 3 N–H and O–H groups in total. The first-order valence-electron chi connectivity index (χ1n) is 8.01. The summed E-state index contributed by atoms with van der Waals surface area (Å²) in [5.41, 5.74) is 1.66. The van der Waals surface area contributed by atoms with E-state index in [1.54, 1.807) is 0 Å². The van der Waals surface area contributed by atoms with E-state index < -0.39 is 6.04 Å². The second-order valence-electron chi connectivity index (χ2n) is 6.19. The number of carbonyl (C=O) groups is 2. The van der Waals surface area contributed by atoms with Crippen molar-refractivity contribution in [3.8, 4) is 0 Å². The number of urea groups is 1. The van der Waals surface area contributed by atoms with Crippen molar-refractivity contribution >= 4 is 17.6 Å². The van der Waals surface area contributed by atoms with Gasteiger partial charge in [-0.3, -0.25) is 4.79 Å². The summed E-state index contributed by atoms with van der Waals surface area (Å²) in [6, 6.07) is 6.62. The van der Waals surface area contributed by atoms with E-state index in [4.69, 9.17) is 4.74 Å². The van der Waals surface area contributed by atoms with Gasteiger partial charge < -0.3 is 20.7 Å². The zero-order chi connectivity index (χ0) is 16.8. The molecule has 1 aliphatic heterocycles. The van der Waals surface area contributed by atoms with Gasteiger partial charge in [0.25, 0.3) is 0 Å². The van der Waals surface area contributed by atoms with Crippen molar-refractivity contribution in [1.29, 1.82) is 0 Å². The summed E-state index contributed by atoms with van der Waals surface area (Å²) in [5.74, 6) is -0.00161. The third-order valence-corrected chi connectivity index (χ3v) is 3.81. The van der Waals surface area contributed by atoms with Crippen LogP contribution in [0, 0.1) is 5.92 Å². The predicted molar refractivity (Wildman–Crippen MR) is 89.1 cm³/mol. The molecule has 6 heteroatoms. The van der Waals surface area contributed by atoms with Crippen molar-refractivity contribution in [2.75, 3.05) is 11.9 Å². The van der Waals surface area contributed by atoms with E-state index in [0.29, 0.717) is 18.8 Å². The van der Waals surface area contributed by atoms with Gasteiger partial charge in [0.05, 0.1) is 12.7 Å². The van der Waals surface area contributed by atoms with Crippen molar-refractivity contribution in [3.63, 3.8) is 0 Å². The van der Waals surface area contributed by atoms with Crippen LogP contribution in [0.5, 0.6) is 0 Å². The highest BCUT2D eigenvalue weighted by Crippen LogP contribution is 2.14. The smallest absolute Gasteiger partial charge is 0.319 e. The molecule has 1 aliphatic rings. The molecule has 1 saturated heterocycles. The van der Waals surface area contributed by atoms with Crippen LogP contribution in [-0.4, -0.2) is 30.6 Å². The topological polar surface area (TPSA) is 79.5 Å². The van der Waals surface area contributed by atoms with E-state index in [1.807, 2.05) is 45.0 Å². The Balaban J connectivity index is 1.92. The van der Waals surface area contributed by atoms with Gasteiger partial charge in [0.15, 0.2) is 0 Å². The molecule has 0 aromatic heterocycles. The molecule has 0 unspecified atom stereocenters. The van der Waals surface area contributed by atoms with E-state index in [2.05, 4.69) is 16.0 Å². The summed E-state index contributed by atoms with van der Waals surface area (Å²) in [6.07, 6.45) is 1.01. The molecule has 3 amide bonds. The summed E-state index contributed by atoms with van der Waals surface area (Å²) >= 11 is 0. The first-order valence-corrected chi connectivity index (χ1v) is 8.01. The Bertz CT molecular complexity index is 560. The van der Waals surface area contributed by atoms with Crippen LogP contribution in [-0.2, 0) is 16.1 Å². The van der Waals surface area contributed by atoms with Crippen LogP contribution in [0.3, 0.4) is 0 Å². The molecule has 0 aliphatic carbocycles. The monoisotopic (exact) mass is 319 g/mol. The number of rotatable bonds is 5. The number of carbonyl (C=O) groups excluding carboxylic acids is 2. The van der Waals surface area contributed by atoms with Gasteiger partial charge in [0, 0.05) is 12.2 Å². The second-order valence-corrected chi connectivity index (χ2v) is 6.19. The molecule has 0 radical (unpaired) electrons. The van der Waals surface area contributed by atoms with Gasteiger partial charge in [0.2, 0.25) is 5.91 Å². The molecule has 1 aromatic rings. The molecular weight excluding hydrogens is 294 g/mol. The van der Waals surface area contributed by atoms with Crippen LogP contribution in [0.15, 0.2) is 24.3 Å². The van der Waals surface area contributed by atoms with Crippen molar-refractivity contribution in [1.82, 2.24) is 10.6 Å². The number of amides is 3. The van der Waals surface area contributed by atoms with Crippen molar-refractivity contribution in [3.05, 3.63) is 29.8 Å². The van der Waals surface area contributed by atoms with Crippen LogP contribution < -0.4 is 16.0 Å². The zero-order valence-electron chi connectivity index (χ0n) is 13.9. The minimum Gasteiger partial charge on any atom is -0.374 e. The molecule has 2 rings (SSSR count). The Morgan fingerprint density at radius 2 is 2.22 bits per heavy atom. The van der Waals surface area contributed by atoms with Crippen LogP contribution in [0.4, 0.5) is 10.5 Å². The second kappa shape index (κ2) is 7.97. The third kappa shape index (κ3) is 5.25. The van der Waals surface area contributed by atoms with E-state index in [-0.39, 0.29) is 24.0 Å². The quantitative estimate of drug-likeness (QED) is 0.779. The Morgan fingerprint density at radius 1 is 1.43 bits per heavy atom. The van der Waals surface area contributed by atoms with Crippen molar-refractivity contribution < 1.29 is 14.3 Å². The first kappa shape index (κ1) is 17.3. The number of hydrogen-bond acceptors (Lipinski definition) is 3. The van der Waals surface area contributed by atoms with Gasteiger partial charge in [0.1, 0.15) is 6.04 Å². The largest absolute Gasteiger partial charge is 0.374 e. The van der Waals surface area contributed by atoms with E-state index in [0.717, 1.165) is 12.0 Å². The maximum absolute atomic E-state index is 12.1. The third-order valence-electron chi connectivity index (χ3n) is 3.81. The summed E-state index contributed by atoms with van der Waals surface area (Å²) in [6.45, 7) is 7.08. The molecule has 0 saturated carbocycles. The maximum atomic E-state index is 12.1. The molecule has 1 heterocycles. The van der Waals surface area contributed by atoms with Gasteiger partial charge in [-0.15, -0.1) is 0 Å². The highest BCUT2D eigenvalue weighted by atomic mass is 16.5. The Morgan fingerprint density at radius 3 is 2.91 bits per heavy atom. The average molecular weight is 319 g/mol. The molecule has 0 spiro atoms. The lowest BCUT2D eigenvalue weighted by Gasteiger charge is -2.28. The highest BCUT2D eigenvalue weighted by molar-refractivity contribution is 5.94. The van der Waals surface area contributed by atoms with E-state index in [1.165, 1.54) is 0 Å². The minimum atomic E-state index is -0.490. The molecule has 1 aromatic carbocycles. The summed E-state index contributed by atoms with van der Waals surface area (Å²) < 4.78 is 5.56. The highest BCUT2D eigenvalue weighted by Gasteiger charge is 2.30. The summed E-state index contributed by atoms with van der Waals surface area (Å²) in [4.78, 5) is 23.9. The summed E-state index contributed by atoms with van der Waals surface area (Å²) in [7, 11) is 0. The van der Waals surface area contributed by atoms with Crippen LogP contribution >= 0.6 is 0 Å². The maximum Gasteiger partial charge on any atom is 0.319 e. The molecular formula is C17H25N3O3. The molecule has 2 atom stereocenters. The molecule has 126 valence electrons. The SMILES string of the molecule is CC(C)OCc1cccc(NC(=O)N[C@H]2C(=O)NCC[C@H]2C)c1. The number of nitrogens with one attached hydrogen (secondary N) is 3. The van der Waals surface area contributed by atoms with Gasteiger partial charge >= 0.3 is 6.03 Å². The fraction of sp³-hybridized carbons (Fsp3) is 0.529. The zero-order valence-corrected chi connectivity index (χ0v) is 13.9. The Labute approximate surface area is 137 Å². The number of piperidine rings is 1. The first-order chi connectivity index (χ1) is 11.0. The van der Waals surface area contributed by atoms with Crippen LogP contribution in [0.2, 0.25) is 0 Å². The number of hydrogen-bond donors (Lipinski definition) is 3. The fourth-order valence-electron chi connectivity index (χ4n) is 2.48. The predicted octanol–water partition coefficient (Wildman–Crippen LogP) is 2.26. The van der Waals surface area contributed by atoms with E-state index >= 15 is 0 Å². The standard InChI is InChI=1S/C17H25N3O3/c1-11(2)23-10-13-5-4-6-14(9-13)19-17(22)20-15-12(3)7-8-18-16(15)21/h4-6,9,11-12,15H,7-8,10H2,1-3H3,(H,18,21)(H2,19,20,22)/t12-,15-/m1/s1. The normalized spacial score (nSPS) is 21.0. The number of ether oxygens (including phenoxy) is 1. The lowest BCUT2D eigenvalue weighted by molar-refractivity contribution is -0.125. The lowest BCUT2D eigenvalue weighted by Crippen LogP contribution is -2.55. The van der Waals surface area contributed by atoms with Gasteiger partial charge in [-0.25, -0.2) is 4.79 Å². The lowest BCUT2D eigenvalue weighted by atomic mass is 9.94. The number of benzene rings is 1. The molecule has 0 bridgehead atoms. The minimum absolute atomic E-state index is 0.125. The fourth-order valence-corrected chi connectivity index (χ4v) is 2.48. The van der Waals surface area contributed by atoms with Crippen LogP contribution in [0.25, 0.3) is 0 Å². The molecule has 1 fully saturated rings.